The molecule has 7 nitrogen and oxygen atoms in total. The molecule has 2 rings (SSSR count). The first-order valence-electron chi connectivity index (χ1n) is 6.24. The quantitative estimate of drug-likeness (QED) is 0.732. The highest BCUT2D eigenvalue weighted by atomic mass is 32.2. The van der Waals surface area contributed by atoms with E-state index in [1.54, 1.807) is 6.92 Å². The van der Waals surface area contributed by atoms with Crippen LogP contribution in [0.25, 0.3) is 0 Å². The van der Waals surface area contributed by atoms with Crippen molar-refractivity contribution in [2.24, 2.45) is 0 Å². The Balaban J connectivity index is 1.56. The second-order valence-electron chi connectivity index (χ2n) is 4.18. The average molecular weight is 286 g/mol. The van der Waals surface area contributed by atoms with Gasteiger partial charge in [-0.05, 0) is 0 Å². The van der Waals surface area contributed by atoms with Gasteiger partial charge in [-0.1, -0.05) is 11.8 Å². The van der Waals surface area contributed by atoms with E-state index >= 15 is 0 Å². The van der Waals surface area contributed by atoms with Gasteiger partial charge in [-0.15, -0.1) is 10.2 Å². The third-order valence-electron chi connectivity index (χ3n) is 2.69. The Morgan fingerprint density at radius 3 is 2.89 bits per heavy atom. The molecule has 1 aromatic rings. The number of aromatic nitrogens is 2. The van der Waals surface area contributed by atoms with Gasteiger partial charge in [0.25, 0.3) is 5.22 Å². The summed E-state index contributed by atoms with van der Waals surface area (Å²) >= 11 is 1.25. The van der Waals surface area contributed by atoms with Crippen LogP contribution in [0.5, 0.6) is 0 Å². The molecule has 0 radical (unpaired) electrons. The van der Waals surface area contributed by atoms with Crippen molar-refractivity contribution in [2.75, 3.05) is 45.1 Å². The third kappa shape index (κ3) is 5.17. The molecule has 0 spiro atoms. The van der Waals surface area contributed by atoms with Crippen LogP contribution in [-0.4, -0.2) is 66.2 Å². The van der Waals surface area contributed by atoms with Crippen LogP contribution in [-0.2, 0) is 9.53 Å². The molecule has 2 heterocycles. The molecule has 106 valence electrons. The number of hydrogen-bond donors (Lipinski definition) is 1. The summed E-state index contributed by atoms with van der Waals surface area (Å²) < 4.78 is 10.4. The van der Waals surface area contributed by atoms with E-state index in [4.69, 9.17) is 9.15 Å². The highest BCUT2D eigenvalue weighted by molar-refractivity contribution is 7.99. The zero-order valence-corrected chi connectivity index (χ0v) is 11.7. The number of carbonyl (C=O) groups excluding carboxylic acids is 1. The number of hydrogen-bond acceptors (Lipinski definition) is 7. The second-order valence-corrected chi connectivity index (χ2v) is 5.11. The minimum atomic E-state index is -0.0193. The Morgan fingerprint density at radius 2 is 2.21 bits per heavy atom. The molecule has 1 N–H and O–H groups in total. The molecule has 0 aliphatic carbocycles. The minimum Gasteiger partial charge on any atom is -0.416 e. The highest BCUT2D eigenvalue weighted by Gasteiger charge is 2.11. The van der Waals surface area contributed by atoms with E-state index in [0.29, 0.717) is 23.4 Å². The van der Waals surface area contributed by atoms with E-state index in [2.05, 4.69) is 20.4 Å². The van der Waals surface area contributed by atoms with Crippen LogP contribution in [0, 0.1) is 6.92 Å². The van der Waals surface area contributed by atoms with E-state index in [1.807, 2.05) is 0 Å². The lowest BCUT2D eigenvalue weighted by Gasteiger charge is -2.26. The van der Waals surface area contributed by atoms with Crippen molar-refractivity contribution in [2.45, 2.75) is 12.1 Å². The fourth-order valence-corrected chi connectivity index (χ4v) is 2.33. The van der Waals surface area contributed by atoms with E-state index in [-0.39, 0.29) is 5.91 Å². The van der Waals surface area contributed by atoms with Gasteiger partial charge in [0.2, 0.25) is 11.8 Å². The smallest absolute Gasteiger partial charge is 0.277 e. The summed E-state index contributed by atoms with van der Waals surface area (Å²) in [5.74, 6) is 0.787. The molecule has 0 atom stereocenters. The molecule has 1 saturated heterocycles. The Hall–Kier alpha value is -1.12. The van der Waals surface area contributed by atoms with E-state index < -0.39 is 0 Å². The number of aryl methyl sites for hydroxylation is 1. The lowest BCUT2D eigenvalue weighted by Crippen LogP contribution is -2.41. The number of amides is 1. The van der Waals surface area contributed by atoms with Gasteiger partial charge in [-0.2, -0.15) is 0 Å². The zero-order valence-electron chi connectivity index (χ0n) is 10.9. The first kappa shape index (κ1) is 14.3. The van der Waals surface area contributed by atoms with Crippen molar-refractivity contribution >= 4 is 17.7 Å². The van der Waals surface area contributed by atoms with Gasteiger partial charge in [0, 0.05) is 33.1 Å². The molecule has 1 aliphatic rings. The number of morpholine rings is 1. The van der Waals surface area contributed by atoms with Crippen molar-refractivity contribution in [3.63, 3.8) is 0 Å². The van der Waals surface area contributed by atoms with Crippen LogP contribution >= 0.6 is 11.8 Å². The van der Waals surface area contributed by atoms with Gasteiger partial charge in [-0.3, -0.25) is 9.69 Å². The van der Waals surface area contributed by atoms with Gasteiger partial charge in [0.15, 0.2) is 0 Å². The molecule has 8 heteroatoms. The predicted molar refractivity (Wildman–Crippen MR) is 70.0 cm³/mol. The van der Waals surface area contributed by atoms with Gasteiger partial charge in [0.1, 0.15) is 0 Å². The van der Waals surface area contributed by atoms with Crippen LogP contribution < -0.4 is 5.32 Å². The molecule has 1 aliphatic heterocycles. The van der Waals surface area contributed by atoms with Crippen LogP contribution in [0.15, 0.2) is 9.64 Å². The lowest BCUT2D eigenvalue weighted by molar-refractivity contribution is -0.118. The number of carbonyl (C=O) groups is 1. The molecular formula is C11H18N4O3S. The van der Waals surface area contributed by atoms with Crippen molar-refractivity contribution < 1.29 is 13.9 Å². The first-order valence-corrected chi connectivity index (χ1v) is 7.22. The van der Waals surface area contributed by atoms with Gasteiger partial charge in [0.05, 0.1) is 19.0 Å². The maximum absolute atomic E-state index is 11.6. The number of ether oxygens (including phenoxy) is 1. The predicted octanol–water partition coefficient (Wildman–Crippen LogP) is -0.0815. The van der Waals surface area contributed by atoms with Crippen molar-refractivity contribution in [3.05, 3.63) is 5.89 Å². The molecule has 1 fully saturated rings. The summed E-state index contributed by atoms with van der Waals surface area (Å²) in [6.45, 7) is 6.67. The van der Waals surface area contributed by atoms with E-state index in [1.165, 1.54) is 11.8 Å². The molecular weight excluding hydrogens is 268 g/mol. The van der Waals surface area contributed by atoms with E-state index in [0.717, 1.165) is 32.8 Å². The van der Waals surface area contributed by atoms with Crippen molar-refractivity contribution in [1.29, 1.82) is 0 Å². The SMILES string of the molecule is Cc1nnc(SCC(=O)NCCN2CCOCC2)o1. The summed E-state index contributed by atoms with van der Waals surface area (Å²) in [5.41, 5.74) is 0. The van der Waals surface area contributed by atoms with Crippen molar-refractivity contribution in [1.82, 2.24) is 20.4 Å². The highest BCUT2D eigenvalue weighted by Crippen LogP contribution is 2.14. The van der Waals surface area contributed by atoms with Crippen LogP contribution in [0.2, 0.25) is 0 Å². The molecule has 19 heavy (non-hydrogen) atoms. The Labute approximate surface area is 116 Å². The first-order chi connectivity index (χ1) is 9.24. The van der Waals surface area contributed by atoms with E-state index in [9.17, 15) is 4.79 Å². The molecule has 1 amide bonds. The summed E-state index contributed by atoms with van der Waals surface area (Å²) in [6, 6.07) is 0. The number of rotatable bonds is 6. The summed E-state index contributed by atoms with van der Waals surface area (Å²) in [6.07, 6.45) is 0. The second kappa shape index (κ2) is 7.46. The average Bonchev–Trinajstić information content (AvgIpc) is 2.83. The number of nitrogens with zero attached hydrogens (tertiary/aromatic N) is 3. The molecule has 0 aromatic carbocycles. The fourth-order valence-electron chi connectivity index (χ4n) is 1.69. The lowest BCUT2D eigenvalue weighted by atomic mass is 10.4. The Morgan fingerprint density at radius 1 is 1.42 bits per heavy atom. The van der Waals surface area contributed by atoms with Crippen molar-refractivity contribution in [3.8, 4) is 0 Å². The fraction of sp³-hybridized carbons (Fsp3) is 0.727. The van der Waals surface area contributed by atoms with Gasteiger partial charge < -0.3 is 14.5 Å². The summed E-state index contributed by atoms with van der Waals surface area (Å²) in [5, 5.41) is 10.8. The Kier molecular flexibility index (Phi) is 5.62. The molecule has 0 bridgehead atoms. The largest absolute Gasteiger partial charge is 0.416 e. The number of nitrogens with one attached hydrogen (secondary N) is 1. The molecule has 0 unspecified atom stereocenters. The standard InChI is InChI=1S/C11H18N4O3S/c1-9-13-14-11(18-9)19-8-10(16)12-2-3-15-4-6-17-7-5-15/h2-8H2,1H3,(H,12,16). The summed E-state index contributed by atoms with van der Waals surface area (Å²) in [7, 11) is 0. The minimum absolute atomic E-state index is 0.0193. The summed E-state index contributed by atoms with van der Waals surface area (Å²) in [4.78, 5) is 13.9. The van der Waals surface area contributed by atoms with Crippen LogP contribution in [0.4, 0.5) is 0 Å². The molecule has 1 aromatic heterocycles. The maximum Gasteiger partial charge on any atom is 0.277 e. The van der Waals surface area contributed by atoms with Gasteiger partial charge in [-0.25, -0.2) is 0 Å². The monoisotopic (exact) mass is 286 g/mol. The van der Waals surface area contributed by atoms with Crippen LogP contribution in [0.3, 0.4) is 0 Å². The Bertz CT molecular complexity index is 406. The van der Waals surface area contributed by atoms with Crippen LogP contribution in [0.1, 0.15) is 5.89 Å². The molecule has 0 saturated carbocycles. The topological polar surface area (TPSA) is 80.5 Å². The normalized spacial score (nSPS) is 16.5. The zero-order chi connectivity index (χ0) is 13.5. The third-order valence-corrected chi connectivity index (χ3v) is 3.51. The number of thioether (sulfide) groups is 1. The maximum atomic E-state index is 11.6. The van der Waals surface area contributed by atoms with Gasteiger partial charge >= 0.3 is 0 Å².